The van der Waals surface area contributed by atoms with Gasteiger partial charge in [0.1, 0.15) is 12.1 Å². The molecule has 1 saturated carbocycles. The summed E-state index contributed by atoms with van der Waals surface area (Å²) in [6, 6.07) is 9.29. The van der Waals surface area contributed by atoms with Crippen molar-refractivity contribution in [2.75, 3.05) is 5.43 Å². The largest absolute Gasteiger partial charge is 0.360 e. The number of carbonyl (C=O) groups excluding carboxylic acids is 1. The molecule has 0 unspecified atom stereocenters. The molecule has 1 fully saturated rings. The van der Waals surface area contributed by atoms with Gasteiger partial charge in [0.2, 0.25) is 0 Å². The average Bonchev–Trinajstić information content (AvgIpc) is 3.06. The Kier molecular flexibility index (Phi) is 2.35. The zero-order valence-corrected chi connectivity index (χ0v) is 10.6. The monoisotopic (exact) mass is 268 g/mol. The van der Waals surface area contributed by atoms with Crippen molar-refractivity contribution < 1.29 is 9.32 Å². The molecule has 2 heterocycles. The fourth-order valence-corrected chi connectivity index (χ4v) is 2.17. The van der Waals surface area contributed by atoms with E-state index in [9.17, 15) is 4.79 Å². The maximum Gasteiger partial charge on any atom is 0.292 e. The van der Waals surface area contributed by atoms with Crippen molar-refractivity contribution in [3.8, 4) is 0 Å². The van der Waals surface area contributed by atoms with Crippen LogP contribution in [0.15, 0.2) is 41.2 Å². The van der Waals surface area contributed by atoms with E-state index < -0.39 is 0 Å². The fourth-order valence-electron chi connectivity index (χ4n) is 2.17. The van der Waals surface area contributed by atoms with Crippen LogP contribution < -0.4 is 5.43 Å². The summed E-state index contributed by atoms with van der Waals surface area (Å²) in [6.07, 6.45) is 3.80. The van der Waals surface area contributed by atoms with E-state index >= 15 is 0 Å². The molecule has 0 aliphatic heterocycles. The first-order valence-corrected chi connectivity index (χ1v) is 6.51. The smallest absolute Gasteiger partial charge is 0.292 e. The van der Waals surface area contributed by atoms with Gasteiger partial charge in [-0.3, -0.25) is 10.2 Å². The minimum absolute atomic E-state index is 0.296. The topological polar surface area (TPSA) is 73.0 Å². The molecule has 3 aromatic rings. The molecular weight excluding hydrogens is 256 g/mol. The van der Waals surface area contributed by atoms with Crippen molar-refractivity contribution in [3.63, 3.8) is 0 Å². The third-order valence-corrected chi connectivity index (χ3v) is 3.42. The van der Waals surface area contributed by atoms with Gasteiger partial charge in [-0.25, -0.2) is 9.66 Å². The van der Waals surface area contributed by atoms with Crippen molar-refractivity contribution >= 4 is 16.9 Å². The van der Waals surface area contributed by atoms with Crippen LogP contribution in [0, 0.1) is 0 Å². The number of hydrogen-bond donors (Lipinski definition) is 1. The fraction of sp³-hybridized carbons (Fsp3) is 0.214. The van der Waals surface area contributed by atoms with Crippen molar-refractivity contribution in [1.82, 2.24) is 14.8 Å². The van der Waals surface area contributed by atoms with Crippen LogP contribution in [-0.2, 0) is 0 Å². The highest BCUT2D eigenvalue weighted by Crippen LogP contribution is 2.40. The molecule has 0 saturated heterocycles. The predicted octanol–water partition coefficient (Wildman–Crippen LogP) is 2.29. The second kappa shape index (κ2) is 4.19. The minimum Gasteiger partial charge on any atom is -0.360 e. The van der Waals surface area contributed by atoms with Crippen LogP contribution in [-0.4, -0.2) is 20.7 Å². The Morgan fingerprint density at radius 1 is 1.35 bits per heavy atom. The summed E-state index contributed by atoms with van der Waals surface area (Å²) in [4.78, 5) is 16.3. The Hall–Kier alpha value is -2.63. The number of rotatable bonds is 3. The number of carbonyl (C=O) groups is 1. The molecule has 4 rings (SSSR count). The summed E-state index contributed by atoms with van der Waals surface area (Å²) >= 11 is 0. The van der Waals surface area contributed by atoms with E-state index in [-0.39, 0.29) is 5.91 Å². The summed E-state index contributed by atoms with van der Waals surface area (Å²) in [7, 11) is 0. The molecule has 0 spiro atoms. The van der Waals surface area contributed by atoms with Crippen LogP contribution in [0.4, 0.5) is 0 Å². The van der Waals surface area contributed by atoms with E-state index in [1.165, 1.54) is 0 Å². The van der Waals surface area contributed by atoms with Gasteiger partial charge >= 0.3 is 0 Å². The maximum atomic E-state index is 12.1. The standard InChI is InChI=1S/C14H12N4O2/c19-14(11-7-13(20-17-11)9-5-6-9)16-18-8-15-10-3-1-2-4-12(10)18/h1-4,7-9H,5-6H2,(H,16,19). The molecule has 1 N–H and O–H groups in total. The zero-order chi connectivity index (χ0) is 13.5. The summed E-state index contributed by atoms with van der Waals surface area (Å²) in [5.74, 6) is 0.938. The van der Waals surface area contributed by atoms with Gasteiger partial charge < -0.3 is 4.52 Å². The molecule has 100 valence electrons. The Bertz CT molecular complexity index is 785. The summed E-state index contributed by atoms with van der Waals surface area (Å²) in [5, 5.41) is 3.82. The van der Waals surface area contributed by atoms with Crippen LogP contribution in [0.1, 0.15) is 35.0 Å². The highest BCUT2D eigenvalue weighted by molar-refractivity contribution is 5.99. The summed E-state index contributed by atoms with van der Waals surface area (Å²) in [5.41, 5.74) is 4.71. The molecule has 0 bridgehead atoms. The Morgan fingerprint density at radius 3 is 3.05 bits per heavy atom. The number of imidazole rings is 1. The molecule has 1 amide bonds. The summed E-state index contributed by atoms with van der Waals surface area (Å²) in [6.45, 7) is 0. The molecule has 2 aromatic heterocycles. The SMILES string of the molecule is O=C(Nn1cnc2ccccc21)c1cc(C2CC2)on1. The molecule has 1 aliphatic rings. The van der Waals surface area contributed by atoms with E-state index in [1.54, 1.807) is 17.1 Å². The second-order valence-corrected chi connectivity index (χ2v) is 4.93. The van der Waals surface area contributed by atoms with Gasteiger partial charge in [0.15, 0.2) is 5.69 Å². The van der Waals surface area contributed by atoms with Gasteiger partial charge in [-0.15, -0.1) is 0 Å². The first-order valence-electron chi connectivity index (χ1n) is 6.51. The number of nitrogens with one attached hydrogen (secondary N) is 1. The second-order valence-electron chi connectivity index (χ2n) is 4.93. The number of nitrogens with zero attached hydrogens (tertiary/aromatic N) is 3. The average molecular weight is 268 g/mol. The van der Waals surface area contributed by atoms with Crippen LogP contribution in [0.3, 0.4) is 0 Å². The Labute approximate surface area is 114 Å². The quantitative estimate of drug-likeness (QED) is 0.791. The first-order chi connectivity index (χ1) is 9.81. The van der Waals surface area contributed by atoms with Crippen LogP contribution >= 0.6 is 0 Å². The third kappa shape index (κ3) is 1.85. The molecule has 6 heteroatoms. The lowest BCUT2D eigenvalue weighted by molar-refractivity contribution is 0.0999. The van der Waals surface area contributed by atoms with Crippen molar-refractivity contribution in [2.45, 2.75) is 18.8 Å². The number of fused-ring (bicyclic) bond motifs is 1. The lowest BCUT2D eigenvalue weighted by Crippen LogP contribution is -2.22. The Morgan fingerprint density at radius 2 is 2.20 bits per heavy atom. The third-order valence-electron chi connectivity index (χ3n) is 3.42. The normalized spacial score (nSPS) is 14.6. The predicted molar refractivity (Wildman–Crippen MR) is 71.9 cm³/mol. The molecule has 0 radical (unpaired) electrons. The van der Waals surface area contributed by atoms with Gasteiger partial charge in [0.25, 0.3) is 5.91 Å². The van der Waals surface area contributed by atoms with E-state index in [2.05, 4.69) is 15.6 Å². The minimum atomic E-state index is -0.302. The highest BCUT2D eigenvalue weighted by atomic mass is 16.5. The van der Waals surface area contributed by atoms with Gasteiger partial charge in [-0.2, -0.15) is 0 Å². The highest BCUT2D eigenvalue weighted by Gasteiger charge is 2.28. The van der Waals surface area contributed by atoms with Gasteiger partial charge in [-0.1, -0.05) is 17.3 Å². The summed E-state index contributed by atoms with van der Waals surface area (Å²) < 4.78 is 6.77. The number of hydrogen-bond acceptors (Lipinski definition) is 4. The van der Waals surface area contributed by atoms with Gasteiger partial charge in [0.05, 0.1) is 11.0 Å². The van der Waals surface area contributed by atoms with E-state index in [0.717, 1.165) is 29.6 Å². The van der Waals surface area contributed by atoms with Gasteiger partial charge in [0, 0.05) is 12.0 Å². The first kappa shape index (κ1) is 11.2. The van der Waals surface area contributed by atoms with Crippen molar-refractivity contribution in [2.24, 2.45) is 0 Å². The number of para-hydroxylation sites is 2. The molecular formula is C14H12N4O2. The molecule has 20 heavy (non-hydrogen) atoms. The Balaban J connectivity index is 1.59. The lowest BCUT2D eigenvalue weighted by Gasteiger charge is -2.04. The van der Waals surface area contributed by atoms with E-state index in [4.69, 9.17) is 4.52 Å². The van der Waals surface area contributed by atoms with Gasteiger partial charge in [-0.05, 0) is 25.0 Å². The van der Waals surface area contributed by atoms with Crippen molar-refractivity contribution in [1.29, 1.82) is 0 Å². The van der Waals surface area contributed by atoms with E-state index in [0.29, 0.717) is 11.6 Å². The zero-order valence-electron chi connectivity index (χ0n) is 10.6. The van der Waals surface area contributed by atoms with Crippen molar-refractivity contribution in [3.05, 3.63) is 48.1 Å². The molecule has 1 aliphatic carbocycles. The lowest BCUT2D eigenvalue weighted by atomic mass is 10.3. The maximum absolute atomic E-state index is 12.1. The number of aromatic nitrogens is 3. The van der Waals surface area contributed by atoms with Crippen LogP contribution in [0.25, 0.3) is 11.0 Å². The molecule has 1 aromatic carbocycles. The van der Waals surface area contributed by atoms with E-state index in [1.807, 2.05) is 24.3 Å². The number of benzene rings is 1. The molecule has 6 nitrogen and oxygen atoms in total. The van der Waals surface area contributed by atoms with Crippen LogP contribution in [0.5, 0.6) is 0 Å². The number of amides is 1. The molecule has 0 atom stereocenters. The van der Waals surface area contributed by atoms with Crippen LogP contribution in [0.2, 0.25) is 0 Å².